The normalized spacial score (nSPS) is 10.8. The zero-order valence-corrected chi connectivity index (χ0v) is 15.8. The minimum absolute atomic E-state index is 0.0126. The summed E-state index contributed by atoms with van der Waals surface area (Å²) < 4.78 is 52.2. The number of carbonyl (C=O) groups excluding carboxylic acids is 1. The second kappa shape index (κ2) is 9.39. The Hall–Kier alpha value is -3.12. The van der Waals surface area contributed by atoms with Crippen molar-refractivity contribution in [3.8, 4) is 16.9 Å². The highest BCUT2D eigenvalue weighted by molar-refractivity contribution is 5.75. The minimum atomic E-state index is -1.23. The molecule has 0 N–H and O–H groups in total. The first-order valence-corrected chi connectivity index (χ1v) is 9.05. The second-order valence-electron chi connectivity index (χ2n) is 6.33. The van der Waals surface area contributed by atoms with Crippen molar-refractivity contribution in [2.45, 2.75) is 20.1 Å². The zero-order valence-electron chi connectivity index (χ0n) is 15.8. The number of rotatable bonds is 8. The van der Waals surface area contributed by atoms with Crippen LogP contribution < -0.4 is 4.74 Å². The molecule has 3 rings (SSSR count). The highest BCUT2D eigenvalue weighted by Gasteiger charge is 2.14. The third-order valence-corrected chi connectivity index (χ3v) is 4.40. The molecule has 0 aliphatic rings. The molecule has 0 atom stereocenters. The highest BCUT2D eigenvalue weighted by Crippen LogP contribution is 2.25. The van der Waals surface area contributed by atoms with Crippen LogP contribution in [-0.2, 0) is 18.0 Å². The Morgan fingerprint density at radius 3 is 2.24 bits per heavy atom. The van der Waals surface area contributed by atoms with Gasteiger partial charge in [0, 0.05) is 12.2 Å². The predicted octanol–water partition coefficient (Wildman–Crippen LogP) is 5.70. The molecular weight excluding hydrogens is 381 g/mol. The summed E-state index contributed by atoms with van der Waals surface area (Å²) in [4.78, 5) is 10.6. The van der Waals surface area contributed by atoms with Gasteiger partial charge in [-0.1, -0.05) is 36.4 Å². The van der Waals surface area contributed by atoms with Crippen molar-refractivity contribution in [1.29, 1.82) is 0 Å². The van der Waals surface area contributed by atoms with Gasteiger partial charge < -0.3 is 9.47 Å². The fourth-order valence-corrected chi connectivity index (χ4v) is 2.76. The molecule has 0 fully saturated rings. The molecule has 0 spiro atoms. The van der Waals surface area contributed by atoms with E-state index in [-0.39, 0.29) is 36.6 Å². The third-order valence-electron chi connectivity index (χ3n) is 4.40. The quantitative estimate of drug-likeness (QED) is 0.455. The number of benzene rings is 3. The Bertz CT molecular complexity index is 1000. The molecule has 3 nitrogen and oxygen atoms in total. The van der Waals surface area contributed by atoms with E-state index in [1.807, 2.05) is 13.0 Å². The maximum absolute atomic E-state index is 14.2. The Morgan fingerprint density at radius 1 is 0.862 bits per heavy atom. The average molecular weight is 400 g/mol. The number of hydrogen-bond acceptors (Lipinski definition) is 3. The molecule has 0 amide bonds. The smallest absolute Gasteiger partial charge is 0.201 e. The van der Waals surface area contributed by atoms with Gasteiger partial charge in [-0.2, -0.15) is 4.39 Å². The highest BCUT2D eigenvalue weighted by atomic mass is 19.2. The van der Waals surface area contributed by atoms with Gasteiger partial charge in [-0.15, -0.1) is 0 Å². The predicted molar refractivity (Wildman–Crippen MR) is 103 cm³/mol. The van der Waals surface area contributed by atoms with E-state index in [1.165, 1.54) is 12.1 Å². The fraction of sp³-hybridized carbons (Fsp3) is 0.174. The summed E-state index contributed by atoms with van der Waals surface area (Å²) in [5.41, 5.74) is 2.38. The summed E-state index contributed by atoms with van der Waals surface area (Å²) in [5, 5.41) is 0. The topological polar surface area (TPSA) is 35.5 Å². The molecule has 0 aromatic heterocycles. The van der Waals surface area contributed by atoms with Crippen molar-refractivity contribution < 1.29 is 27.4 Å². The lowest BCUT2D eigenvalue weighted by Gasteiger charge is -2.10. The first-order chi connectivity index (χ1) is 14.0. The van der Waals surface area contributed by atoms with Crippen LogP contribution in [0.3, 0.4) is 0 Å². The van der Waals surface area contributed by atoms with Crippen LogP contribution in [0.15, 0.2) is 54.6 Å². The molecule has 0 aliphatic carbocycles. The largest absolute Gasteiger partial charge is 0.486 e. The number of halogens is 3. The summed E-state index contributed by atoms with van der Waals surface area (Å²) in [6.07, 6.45) is 0.243. The summed E-state index contributed by atoms with van der Waals surface area (Å²) >= 11 is 0. The van der Waals surface area contributed by atoms with Crippen LogP contribution in [0, 0.1) is 17.5 Å². The summed E-state index contributed by atoms with van der Waals surface area (Å²) in [6, 6.07) is 14.4. The van der Waals surface area contributed by atoms with Crippen LogP contribution in [0.25, 0.3) is 11.1 Å². The SMILES string of the molecule is CCOCc1ccc(-c2ccc(COc3ccc(C=O)c(F)c3F)cc2)cc1F. The molecule has 0 unspecified atom stereocenters. The molecule has 0 aliphatic heterocycles. The maximum atomic E-state index is 14.2. The minimum Gasteiger partial charge on any atom is -0.486 e. The number of ether oxygens (including phenoxy) is 2. The van der Waals surface area contributed by atoms with Crippen LogP contribution in [0.5, 0.6) is 5.75 Å². The number of carbonyl (C=O) groups is 1. The lowest BCUT2D eigenvalue weighted by atomic mass is 10.0. The zero-order chi connectivity index (χ0) is 20.8. The van der Waals surface area contributed by atoms with E-state index in [4.69, 9.17) is 9.47 Å². The van der Waals surface area contributed by atoms with Crippen molar-refractivity contribution in [2.24, 2.45) is 0 Å². The van der Waals surface area contributed by atoms with Crippen LogP contribution in [0.4, 0.5) is 13.2 Å². The summed E-state index contributed by atoms with van der Waals surface area (Å²) in [7, 11) is 0. The standard InChI is InChI=1S/C23H19F3O3/c1-2-28-14-19-8-7-17(11-20(19)24)16-5-3-15(4-6-16)13-29-21-10-9-18(12-27)22(25)23(21)26/h3-12H,2,13-14H2,1H3. The molecular formula is C23H19F3O3. The Labute approximate surface area is 166 Å². The van der Waals surface area contributed by atoms with Crippen LogP contribution in [0.2, 0.25) is 0 Å². The maximum Gasteiger partial charge on any atom is 0.201 e. The molecule has 29 heavy (non-hydrogen) atoms. The van der Waals surface area contributed by atoms with Crippen molar-refractivity contribution >= 4 is 6.29 Å². The lowest BCUT2D eigenvalue weighted by Crippen LogP contribution is -2.01. The molecule has 0 bridgehead atoms. The van der Waals surface area contributed by atoms with E-state index in [2.05, 4.69) is 0 Å². The van der Waals surface area contributed by atoms with Gasteiger partial charge in [0.1, 0.15) is 12.4 Å². The van der Waals surface area contributed by atoms with E-state index in [1.54, 1.807) is 30.3 Å². The molecule has 3 aromatic carbocycles. The average Bonchev–Trinajstić information content (AvgIpc) is 2.74. The molecule has 150 valence electrons. The summed E-state index contributed by atoms with van der Waals surface area (Å²) in [6.45, 7) is 2.60. The van der Waals surface area contributed by atoms with Gasteiger partial charge in [-0.05, 0) is 41.8 Å². The van der Waals surface area contributed by atoms with Gasteiger partial charge in [-0.25, -0.2) is 8.78 Å². The van der Waals surface area contributed by atoms with E-state index in [0.717, 1.165) is 17.2 Å². The third kappa shape index (κ3) is 4.84. The first-order valence-electron chi connectivity index (χ1n) is 9.05. The Kier molecular flexibility index (Phi) is 6.67. The van der Waals surface area contributed by atoms with Crippen molar-refractivity contribution in [3.05, 3.63) is 88.7 Å². The van der Waals surface area contributed by atoms with Gasteiger partial charge in [0.15, 0.2) is 17.9 Å². The fourth-order valence-electron chi connectivity index (χ4n) is 2.76. The Balaban J connectivity index is 1.69. The van der Waals surface area contributed by atoms with E-state index in [0.29, 0.717) is 17.7 Å². The van der Waals surface area contributed by atoms with Gasteiger partial charge in [0.2, 0.25) is 5.82 Å². The molecule has 0 radical (unpaired) electrons. The van der Waals surface area contributed by atoms with Gasteiger partial charge in [0.05, 0.1) is 12.2 Å². The Morgan fingerprint density at radius 2 is 1.59 bits per heavy atom. The molecule has 0 heterocycles. The number of aldehydes is 1. The first kappa shape index (κ1) is 20.6. The van der Waals surface area contributed by atoms with E-state index < -0.39 is 11.6 Å². The summed E-state index contributed by atoms with van der Waals surface area (Å²) in [5.74, 6) is -3.04. The van der Waals surface area contributed by atoms with Crippen LogP contribution in [-0.4, -0.2) is 12.9 Å². The molecule has 0 saturated carbocycles. The van der Waals surface area contributed by atoms with Gasteiger partial charge >= 0.3 is 0 Å². The van der Waals surface area contributed by atoms with Crippen molar-refractivity contribution in [2.75, 3.05) is 6.61 Å². The lowest BCUT2D eigenvalue weighted by molar-refractivity contribution is 0.111. The van der Waals surface area contributed by atoms with Crippen molar-refractivity contribution in [1.82, 2.24) is 0 Å². The van der Waals surface area contributed by atoms with E-state index in [9.17, 15) is 18.0 Å². The molecule has 3 aromatic rings. The second-order valence-corrected chi connectivity index (χ2v) is 6.33. The van der Waals surface area contributed by atoms with E-state index >= 15 is 0 Å². The van der Waals surface area contributed by atoms with Gasteiger partial charge in [-0.3, -0.25) is 4.79 Å². The van der Waals surface area contributed by atoms with Gasteiger partial charge in [0.25, 0.3) is 0 Å². The molecule has 0 saturated heterocycles. The molecule has 6 heteroatoms. The monoisotopic (exact) mass is 400 g/mol. The van der Waals surface area contributed by atoms with Crippen LogP contribution >= 0.6 is 0 Å². The number of hydrogen-bond donors (Lipinski definition) is 0. The van der Waals surface area contributed by atoms with Crippen molar-refractivity contribution in [3.63, 3.8) is 0 Å². The van der Waals surface area contributed by atoms with Crippen LogP contribution in [0.1, 0.15) is 28.4 Å².